The molecule has 0 fully saturated rings. The standard InChI is InChI=1S/C8H11BrN2O/c1-5-6(9)3-8(12-2)7(4-10)11-5/h3H,4,10H2,1-2H3. The summed E-state index contributed by atoms with van der Waals surface area (Å²) in [5.41, 5.74) is 7.20. The fraction of sp³-hybridized carbons (Fsp3) is 0.375. The van der Waals surface area contributed by atoms with Gasteiger partial charge in [0.1, 0.15) is 5.75 Å². The smallest absolute Gasteiger partial charge is 0.142 e. The molecule has 3 nitrogen and oxygen atoms in total. The molecular formula is C8H11BrN2O. The van der Waals surface area contributed by atoms with Gasteiger partial charge in [0.2, 0.25) is 0 Å². The quantitative estimate of drug-likeness (QED) is 0.841. The van der Waals surface area contributed by atoms with E-state index >= 15 is 0 Å². The zero-order valence-electron chi connectivity index (χ0n) is 7.10. The molecule has 0 spiro atoms. The van der Waals surface area contributed by atoms with Crippen LogP contribution in [0.4, 0.5) is 0 Å². The van der Waals surface area contributed by atoms with Crippen LogP contribution in [0, 0.1) is 6.92 Å². The molecule has 0 saturated carbocycles. The molecule has 1 heterocycles. The molecule has 0 radical (unpaired) electrons. The molecule has 0 amide bonds. The Kier molecular flexibility index (Phi) is 3.05. The number of rotatable bonds is 2. The summed E-state index contributed by atoms with van der Waals surface area (Å²) in [6.45, 7) is 2.32. The van der Waals surface area contributed by atoms with E-state index in [-0.39, 0.29) is 0 Å². The summed E-state index contributed by atoms with van der Waals surface area (Å²) in [5, 5.41) is 0. The van der Waals surface area contributed by atoms with Crippen LogP contribution in [0.2, 0.25) is 0 Å². The fourth-order valence-corrected chi connectivity index (χ4v) is 1.23. The number of methoxy groups -OCH3 is 1. The number of aromatic nitrogens is 1. The molecule has 0 atom stereocenters. The summed E-state index contributed by atoms with van der Waals surface area (Å²) in [6, 6.07) is 1.88. The molecule has 0 aliphatic carbocycles. The second kappa shape index (κ2) is 3.87. The van der Waals surface area contributed by atoms with Crippen molar-refractivity contribution in [1.82, 2.24) is 4.98 Å². The van der Waals surface area contributed by atoms with E-state index in [4.69, 9.17) is 10.5 Å². The lowest BCUT2D eigenvalue weighted by Crippen LogP contribution is -2.04. The molecule has 0 saturated heterocycles. The van der Waals surface area contributed by atoms with Crippen LogP contribution in [-0.2, 0) is 6.54 Å². The first kappa shape index (κ1) is 9.48. The van der Waals surface area contributed by atoms with E-state index < -0.39 is 0 Å². The van der Waals surface area contributed by atoms with Crippen LogP contribution in [0.15, 0.2) is 10.5 Å². The van der Waals surface area contributed by atoms with Crippen molar-refractivity contribution >= 4 is 15.9 Å². The van der Waals surface area contributed by atoms with Gasteiger partial charge in [-0.15, -0.1) is 0 Å². The van der Waals surface area contributed by atoms with E-state index in [1.165, 1.54) is 0 Å². The topological polar surface area (TPSA) is 48.1 Å². The van der Waals surface area contributed by atoms with Crippen molar-refractivity contribution in [2.75, 3.05) is 7.11 Å². The maximum atomic E-state index is 5.49. The van der Waals surface area contributed by atoms with Gasteiger partial charge in [0.05, 0.1) is 18.5 Å². The van der Waals surface area contributed by atoms with Crippen LogP contribution >= 0.6 is 15.9 Å². The fourth-order valence-electron chi connectivity index (χ4n) is 0.937. The van der Waals surface area contributed by atoms with Crippen LogP contribution in [0.5, 0.6) is 5.75 Å². The van der Waals surface area contributed by atoms with E-state index in [1.807, 2.05) is 13.0 Å². The third kappa shape index (κ3) is 1.76. The molecule has 66 valence electrons. The van der Waals surface area contributed by atoms with Gasteiger partial charge in [-0.05, 0) is 28.9 Å². The minimum atomic E-state index is 0.400. The third-order valence-corrected chi connectivity index (χ3v) is 2.41. The Labute approximate surface area is 80.1 Å². The van der Waals surface area contributed by atoms with Gasteiger partial charge >= 0.3 is 0 Å². The van der Waals surface area contributed by atoms with E-state index in [0.717, 1.165) is 21.6 Å². The second-order valence-corrected chi connectivity index (χ2v) is 3.26. The predicted molar refractivity (Wildman–Crippen MR) is 51.1 cm³/mol. The Bertz CT molecular complexity index is 260. The van der Waals surface area contributed by atoms with Crippen LogP contribution < -0.4 is 10.5 Å². The van der Waals surface area contributed by atoms with Crippen molar-refractivity contribution in [2.24, 2.45) is 5.73 Å². The zero-order valence-corrected chi connectivity index (χ0v) is 8.68. The highest BCUT2D eigenvalue weighted by Crippen LogP contribution is 2.23. The first-order valence-electron chi connectivity index (χ1n) is 3.59. The summed E-state index contributed by atoms with van der Waals surface area (Å²) in [6.07, 6.45) is 0. The van der Waals surface area contributed by atoms with Gasteiger partial charge in [0, 0.05) is 11.0 Å². The molecule has 0 aliphatic rings. The Morgan fingerprint density at radius 1 is 1.67 bits per heavy atom. The van der Waals surface area contributed by atoms with Crippen LogP contribution in [0.25, 0.3) is 0 Å². The van der Waals surface area contributed by atoms with Gasteiger partial charge in [0.25, 0.3) is 0 Å². The van der Waals surface area contributed by atoms with Crippen LogP contribution in [0.1, 0.15) is 11.4 Å². The monoisotopic (exact) mass is 230 g/mol. The maximum Gasteiger partial charge on any atom is 0.142 e. The van der Waals surface area contributed by atoms with Crippen molar-refractivity contribution in [3.05, 3.63) is 21.9 Å². The zero-order chi connectivity index (χ0) is 9.14. The number of pyridine rings is 1. The van der Waals surface area contributed by atoms with Crippen molar-refractivity contribution < 1.29 is 4.74 Å². The molecule has 0 aromatic carbocycles. The Balaban J connectivity index is 3.19. The van der Waals surface area contributed by atoms with E-state index in [1.54, 1.807) is 7.11 Å². The van der Waals surface area contributed by atoms with Gasteiger partial charge < -0.3 is 10.5 Å². The summed E-state index contributed by atoms with van der Waals surface area (Å²) in [4.78, 5) is 4.27. The summed E-state index contributed by atoms with van der Waals surface area (Å²) in [5.74, 6) is 0.731. The molecular weight excluding hydrogens is 220 g/mol. The van der Waals surface area contributed by atoms with E-state index in [9.17, 15) is 0 Å². The SMILES string of the molecule is COc1cc(Br)c(C)nc1CN. The van der Waals surface area contributed by atoms with E-state index in [0.29, 0.717) is 6.54 Å². The van der Waals surface area contributed by atoms with Crippen molar-refractivity contribution in [1.29, 1.82) is 0 Å². The molecule has 0 unspecified atom stereocenters. The first-order valence-corrected chi connectivity index (χ1v) is 4.38. The molecule has 0 bridgehead atoms. The molecule has 1 aromatic rings. The molecule has 12 heavy (non-hydrogen) atoms. The number of nitrogens with two attached hydrogens (primary N) is 1. The molecule has 4 heteroatoms. The van der Waals surface area contributed by atoms with Crippen molar-refractivity contribution in [2.45, 2.75) is 13.5 Å². The molecule has 2 N–H and O–H groups in total. The summed E-state index contributed by atoms with van der Waals surface area (Å²) < 4.78 is 6.04. The molecule has 1 aromatic heterocycles. The second-order valence-electron chi connectivity index (χ2n) is 2.41. The lowest BCUT2D eigenvalue weighted by atomic mass is 10.3. The van der Waals surface area contributed by atoms with Gasteiger partial charge in [-0.25, -0.2) is 0 Å². The van der Waals surface area contributed by atoms with Crippen molar-refractivity contribution in [3.8, 4) is 5.75 Å². The number of hydrogen-bond acceptors (Lipinski definition) is 3. The molecule has 1 rings (SSSR count). The number of aryl methyl sites for hydroxylation is 1. The van der Waals surface area contributed by atoms with Gasteiger partial charge in [-0.1, -0.05) is 0 Å². The minimum Gasteiger partial charge on any atom is -0.495 e. The first-order chi connectivity index (χ1) is 5.69. The predicted octanol–water partition coefficient (Wildman–Crippen LogP) is 1.62. The Morgan fingerprint density at radius 3 is 2.83 bits per heavy atom. The maximum absolute atomic E-state index is 5.49. The van der Waals surface area contributed by atoms with E-state index in [2.05, 4.69) is 20.9 Å². The highest BCUT2D eigenvalue weighted by molar-refractivity contribution is 9.10. The van der Waals surface area contributed by atoms with Gasteiger partial charge in [-0.3, -0.25) is 4.98 Å². The number of hydrogen-bond donors (Lipinski definition) is 1. The average molecular weight is 231 g/mol. The molecule has 0 aliphatic heterocycles. The Morgan fingerprint density at radius 2 is 2.33 bits per heavy atom. The highest BCUT2D eigenvalue weighted by atomic mass is 79.9. The summed E-state index contributed by atoms with van der Waals surface area (Å²) in [7, 11) is 1.61. The van der Waals surface area contributed by atoms with Gasteiger partial charge in [-0.2, -0.15) is 0 Å². The third-order valence-electron chi connectivity index (χ3n) is 1.60. The Hall–Kier alpha value is -0.610. The number of ether oxygens (including phenoxy) is 1. The number of nitrogens with zero attached hydrogens (tertiary/aromatic N) is 1. The lowest BCUT2D eigenvalue weighted by Gasteiger charge is -2.07. The minimum absolute atomic E-state index is 0.400. The van der Waals surface area contributed by atoms with Crippen molar-refractivity contribution in [3.63, 3.8) is 0 Å². The average Bonchev–Trinajstić information content (AvgIpc) is 2.09. The van der Waals surface area contributed by atoms with Gasteiger partial charge in [0.15, 0.2) is 0 Å². The number of halogens is 1. The lowest BCUT2D eigenvalue weighted by molar-refractivity contribution is 0.406. The van der Waals surface area contributed by atoms with Crippen LogP contribution in [0.3, 0.4) is 0 Å². The normalized spacial score (nSPS) is 10.0. The largest absolute Gasteiger partial charge is 0.495 e. The van der Waals surface area contributed by atoms with Crippen LogP contribution in [-0.4, -0.2) is 12.1 Å². The summed E-state index contributed by atoms with van der Waals surface area (Å²) >= 11 is 3.37. The highest BCUT2D eigenvalue weighted by Gasteiger charge is 2.05.